The van der Waals surface area contributed by atoms with E-state index in [-0.39, 0.29) is 12.1 Å². The van der Waals surface area contributed by atoms with E-state index in [1.54, 1.807) is 12.4 Å². The number of hydroxylamine groups is 3. The van der Waals surface area contributed by atoms with Crippen molar-refractivity contribution in [1.82, 2.24) is 9.55 Å². The van der Waals surface area contributed by atoms with Crippen LogP contribution >= 0.6 is 0 Å². The second kappa shape index (κ2) is 6.75. The maximum Gasteiger partial charge on any atom is 0.136 e. The third-order valence-corrected chi connectivity index (χ3v) is 5.54. The topological polar surface area (TPSA) is 58.3 Å². The summed E-state index contributed by atoms with van der Waals surface area (Å²) in [7, 11) is 1.86. The van der Waals surface area contributed by atoms with E-state index in [1.165, 1.54) is 22.2 Å². The molecule has 27 heavy (non-hydrogen) atoms. The second-order valence-corrected chi connectivity index (χ2v) is 8.01. The van der Waals surface area contributed by atoms with Crippen molar-refractivity contribution in [3.8, 4) is 0 Å². The van der Waals surface area contributed by atoms with Gasteiger partial charge in [0.05, 0.1) is 13.6 Å². The van der Waals surface area contributed by atoms with Gasteiger partial charge < -0.3 is 9.67 Å². The maximum atomic E-state index is 11.2. The summed E-state index contributed by atoms with van der Waals surface area (Å²) in [6, 6.07) is 10.2. The molecule has 1 aliphatic rings. The van der Waals surface area contributed by atoms with Gasteiger partial charge in [-0.25, -0.2) is 5.21 Å². The van der Waals surface area contributed by atoms with Crippen LogP contribution < -0.4 is 0 Å². The molecule has 0 amide bonds. The molecule has 0 radical (unpaired) electrons. The normalized spacial score (nSPS) is 21.4. The number of pyridine rings is 1. The number of aromatic nitrogens is 2. The molecule has 2 aromatic heterocycles. The predicted molar refractivity (Wildman–Crippen MR) is 107 cm³/mol. The van der Waals surface area contributed by atoms with Crippen molar-refractivity contribution < 1.29 is 15.0 Å². The molecule has 0 bridgehead atoms. The summed E-state index contributed by atoms with van der Waals surface area (Å²) < 4.78 is 2.25. The zero-order chi connectivity index (χ0) is 18.5. The Balaban J connectivity index is 0.00000210. The molecule has 1 aromatic carbocycles. The van der Waals surface area contributed by atoms with Gasteiger partial charge in [0.2, 0.25) is 0 Å². The van der Waals surface area contributed by atoms with Gasteiger partial charge >= 0.3 is 0 Å². The summed E-state index contributed by atoms with van der Waals surface area (Å²) in [5, 5.41) is 22.9. The van der Waals surface area contributed by atoms with Gasteiger partial charge in [-0.05, 0) is 43.7 Å². The first-order valence-electron chi connectivity index (χ1n) is 9.08. The Bertz CT molecular complexity index is 959. The monoisotopic (exact) mass is 368 g/mol. The molecular formula is C22H30N3O2+. The minimum absolute atomic E-state index is 0. The van der Waals surface area contributed by atoms with E-state index >= 15 is 0 Å². The molecule has 0 saturated heterocycles. The average Bonchev–Trinajstić information content (AvgIpc) is 2.87. The van der Waals surface area contributed by atoms with Crippen LogP contribution in [0.1, 0.15) is 36.7 Å². The van der Waals surface area contributed by atoms with Crippen LogP contribution in [0.3, 0.4) is 0 Å². The van der Waals surface area contributed by atoms with E-state index in [2.05, 4.69) is 34.7 Å². The molecule has 0 fully saturated rings. The summed E-state index contributed by atoms with van der Waals surface area (Å²) in [6.07, 6.45) is 4.22. The van der Waals surface area contributed by atoms with Crippen LogP contribution in [0.2, 0.25) is 0 Å². The number of likely N-dealkylation sites (N-methyl/N-ethyl adjacent to an activating group) is 1. The SMILES string of the molecule is C.Cc1ccc2c(c1)c1c(n2CC(C)(O)c2ccncc2)CC[N+](C)(O)C1. The first kappa shape index (κ1) is 19.5. The van der Waals surface area contributed by atoms with Crippen LogP contribution in [0, 0.1) is 6.92 Å². The first-order valence-corrected chi connectivity index (χ1v) is 9.08. The van der Waals surface area contributed by atoms with Crippen molar-refractivity contribution in [3.05, 3.63) is 65.1 Å². The van der Waals surface area contributed by atoms with Gasteiger partial charge in [-0.15, -0.1) is 0 Å². The number of benzene rings is 1. The van der Waals surface area contributed by atoms with E-state index in [4.69, 9.17) is 0 Å². The van der Waals surface area contributed by atoms with Crippen molar-refractivity contribution in [2.45, 2.75) is 46.4 Å². The Kier molecular flexibility index (Phi) is 4.89. The zero-order valence-corrected chi connectivity index (χ0v) is 15.6. The number of rotatable bonds is 3. The van der Waals surface area contributed by atoms with Gasteiger partial charge in [-0.2, -0.15) is 4.65 Å². The lowest BCUT2D eigenvalue weighted by Crippen LogP contribution is -2.44. The highest BCUT2D eigenvalue weighted by Gasteiger charge is 2.34. The van der Waals surface area contributed by atoms with Crippen LogP contribution in [-0.4, -0.2) is 38.1 Å². The van der Waals surface area contributed by atoms with Gasteiger partial charge in [0.1, 0.15) is 18.7 Å². The zero-order valence-electron chi connectivity index (χ0n) is 15.6. The minimum Gasteiger partial charge on any atom is -0.384 e. The molecule has 144 valence electrons. The molecule has 4 rings (SSSR count). The molecule has 3 heterocycles. The molecule has 0 aliphatic carbocycles. The summed E-state index contributed by atoms with van der Waals surface area (Å²) in [6.45, 7) is 5.69. The van der Waals surface area contributed by atoms with Crippen LogP contribution in [0.25, 0.3) is 10.9 Å². The lowest BCUT2D eigenvalue weighted by Gasteiger charge is -2.31. The lowest BCUT2D eigenvalue weighted by molar-refractivity contribution is -1.10. The Morgan fingerprint density at radius 3 is 2.63 bits per heavy atom. The molecule has 5 heteroatoms. The van der Waals surface area contributed by atoms with Gasteiger partial charge in [-0.1, -0.05) is 19.1 Å². The van der Waals surface area contributed by atoms with E-state index in [0.717, 1.165) is 17.5 Å². The molecule has 1 aliphatic heterocycles. The van der Waals surface area contributed by atoms with Crippen molar-refractivity contribution in [2.75, 3.05) is 13.6 Å². The van der Waals surface area contributed by atoms with Crippen LogP contribution in [0.4, 0.5) is 0 Å². The van der Waals surface area contributed by atoms with Gasteiger partial charge in [0, 0.05) is 41.0 Å². The Labute approximate surface area is 161 Å². The smallest absolute Gasteiger partial charge is 0.136 e. The fourth-order valence-electron chi connectivity index (χ4n) is 4.11. The van der Waals surface area contributed by atoms with Crippen LogP contribution in [0.5, 0.6) is 0 Å². The van der Waals surface area contributed by atoms with Crippen molar-refractivity contribution in [1.29, 1.82) is 0 Å². The van der Waals surface area contributed by atoms with Crippen molar-refractivity contribution in [2.24, 2.45) is 0 Å². The quantitative estimate of drug-likeness (QED) is 0.692. The van der Waals surface area contributed by atoms with Crippen molar-refractivity contribution in [3.63, 3.8) is 0 Å². The summed E-state index contributed by atoms with van der Waals surface area (Å²) >= 11 is 0. The second-order valence-electron chi connectivity index (χ2n) is 8.01. The van der Waals surface area contributed by atoms with E-state index < -0.39 is 5.60 Å². The number of aliphatic hydroxyl groups is 1. The van der Waals surface area contributed by atoms with E-state index in [0.29, 0.717) is 19.6 Å². The highest BCUT2D eigenvalue weighted by molar-refractivity contribution is 5.86. The number of nitrogens with zero attached hydrogens (tertiary/aromatic N) is 3. The highest BCUT2D eigenvalue weighted by Crippen LogP contribution is 2.35. The van der Waals surface area contributed by atoms with E-state index in [9.17, 15) is 10.3 Å². The summed E-state index contributed by atoms with van der Waals surface area (Å²) in [4.78, 5) is 4.05. The summed E-state index contributed by atoms with van der Waals surface area (Å²) in [5.41, 5.74) is 4.61. The fraction of sp³-hybridized carbons (Fsp3) is 0.409. The minimum atomic E-state index is -0.998. The maximum absolute atomic E-state index is 11.2. The Hall–Kier alpha value is -2.21. The van der Waals surface area contributed by atoms with Crippen LogP contribution in [-0.2, 0) is 25.1 Å². The molecular weight excluding hydrogens is 338 g/mol. The standard InChI is InChI=1S/C21H26N3O2.CH4/c1-15-4-5-19-17(12-15)18-13-24(3,26)11-8-20(18)23(19)14-21(2,25)16-6-9-22-10-7-16;/h4-7,9-10,12,25-26H,8,11,13-14H2,1-3H3;1H4/q+1;. The molecule has 3 aromatic rings. The third kappa shape index (κ3) is 3.50. The van der Waals surface area contributed by atoms with Gasteiger partial charge in [-0.3, -0.25) is 4.98 Å². The third-order valence-electron chi connectivity index (χ3n) is 5.54. The Morgan fingerprint density at radius 1 is 1.22 bits per heavy atom. The number of quaternary nitrogens is 1. The van der Waals surface area contributed by atoms with Crippen molar-refractivity contribution >= 4 is 10.9 Å². The first-order chi connectivity index (χ1) is 12.3. The highest BCUT2D eigenvalue weighted by atomic mass is 16.5. The summed E-state index contributed by atoms with van der Waals surface area (Å²) in [5.74, 6) is 0. The lowest BCUT2D eigenvalue weighted by atomic mass is 9.96. The molecule has 2 unspecified atom stereocenters. The molecule has 0 spiro atoms. The Morgan fingerprint density at radius 2 is 1.93 bits per heavy atom. The number of fused-ring (bicyclic) bond motifs is 3. The van der Waals surface area contributed by atoms with Gasteiger partial charge in [0.25, 0.3) is 0 Å². The van der Waals surface area contributed by atoms with E-state index in [1.807, 2.05) is 26.1 Å². The van der Waals surface area contributed by atoms with Crippen LogP contribution in [0.15, 0.2) is 42.7 Å². The number of aryl methyl sites for hydroxylation is 1. The number of hydrogen-bond acceptors (Lipinski definition) is 3. The molecule has 2 N–H and O–H groups in total. The fourth-order valence-corrected chi connectivity index (χ4v) is 4.11. The predicted octanol–water partition coefficient (Wildman–Crippen LogP) is 3.78. The average molecular weight is 369 g/mol. The van der Waals surface area contributed by atoms with Gasteiger partial charge in [0.15, 0.2) is 0 Å². The largest absolute Gasteiger partial charge is 0.384 e. The molecule has 0 saturated carbocycles. The molecule has 5 nitrogen and oxygen atoms in total. The molecule has 2 atom stereocenters. The number of hydrogen-bond donors (Lipinski definition) is 2.